The average molecular weight is 293 g/mol. The van der Waals surface area contributed by atoms with Crippen LogP contribution >= 0.6 is 0 Å². The average Bonchev–Trinajstić information content (AvgIpc) is 2.96. The van der Waals surface area contributed by atoms with Crippen LogP contribution < -0.4 is 11.1 Å². The lowest BCUT2D eigenvalue weighted by Gasteiger charge is -2.06. The summed E-state index contributed by atoms with van der Waals surface area (Å²) < 4.78 is 1.54. The van der Waals surface area contributed by atoms with Crippen LogP contribution in [0.15, 0.2) is 61.1 Å². The van der Waals surface area contributed by atoms with Gasteiger partial charge in [-0.15, -0.1) is 0 Å². The van der Waals surface area contributed by atoms with Gasteiger partial charge < -0.3 is 11.1 Å². The normalized spacial score (nSPS) is 10.4. The summed E-state index contributed by atoms with van der Waals surface area (Å²) in [6.07, 6.45) is 4.87. The molecule has 2 heterocycles. The number of aromatic nitrogens is 3. The van der Waals surface area contributed by atoms with E-state index >= 15 is 0 Å². The Balaban J connectivity index is 1.75. The van der Waals surface area contributed by atoms with Crippen molar-refractivity contribution in [1.29, 1.82) is 0 Å². The highest BCUT2D eigenvalue weighted by molar-refractivity contribution is 5.98. The molecule has 0 saturated heterocycles. The Bertz CT molecular complexity index is 768. The molecule has 0 unspecified atom stereocenters. The number of para-hydroxylation sites is 1. The van der Waals surface area contributed by atoms with Gasteiger partial charge in [-0.25, -0.2) is 4.68 Å². The zero-order chi connectivity index (χ0) is 15.4. The van der Waals surface area contributed by atoms with Crippen molar-refractivity contribution in [2.45, 2.75) is 6.54 Å². The van der Waals surface area contributed by atoms with E-state index in [4.69, 9.17) is 5.73 Å². The number of hydrogen-bond acceptors (Lipinski definition) is 4. The molecule has 0 aliphatic rings. The first kappa shape index (κ1) is 13.8. The van der Waals surface area contributed by atoms with E-state index in [-0.39, 0.29) is 5.91 Å². The molecule has 6 heteroatoms. The fourth-order valence-electron chi connectivity index (χ4n) is 2.09. The molecular weight excluding hydrogens is 278 g/mol. The van der Waals surface area contributed by atoms with Crippen molar-refractivity contribution in [1.82, 2.24) is 20.1 Å². The van der Waals surface area contributed by atoms with Crippen LogP contribution in [-0.2, 0) is 6.54 Å². The second-order valence-corrected chi connectivity index (χ2v) is 4.73. The summed E-state index contributed by atoms with van der Waals surface area (Å²) in [6.45, 7) is 0.391. The minimum Gasteiger partial charge on any atom is -0.383 e. The van der Waals surface area contributed by atoms with Gasteiger partial charge in [-0.1, -0.05) is 24.3 Å². The number of hydrogen-bond donors (Lipinski definition) is 2. The van der Waals surface area contributed by atoms with E-state index in [1.165, 1.54) is 6.20 Å². The third-order valence-electron chi connectivity index (χ3n) is 3.23. The lowest BCUT2D eigenvalue weighted by molar-refractivity contribution is 0.0952. The van der Waals surface area contributed by atoms with Crippen LogP contribution in [0, 0.1) is 0 Å². The molecule has 3 N–H and O–H groups in total. The topological polar surface area (TPSA) is 85.8 Å². The molecule has 0 radical (unpaired) electrons. The minimum atomic E-state index is -0.261. The van der Waals surface area contributed by atoms with Gasteiger partial charge in [0, 0.05) is 18.9 Å². The van der Waals surface area contributed by atoms with Gasteiger partial charge in [-0.3, -0.25) is 9.78 Å². The highest BCUT2D eigenvalue weighted by Crippen LogP contribution is 2.16. The molecule has 3 rings (SSSR count). The first-order valence-electron chi connectivity index (χ1n) is 6.82. The predicted molar refractivity (Wildman–Crippen MR) is 83.4 cm³/mol. The third kappa shape index (κ3) is 2.80. The Morgan fingerprint density at radius 1 is 1.14 bits per heavy atom. The molecule has 2 aromatic heterocycles. The van der Waals surface area contributed by atoms with Crippen molar-refractivity contribution >= 4 is 11.7 Å². The Morgan fingerprint density at radius 2 is 1.95 bits per heavy atom. The molecule has 0 saturated carbocycles. The molecule has 0 aliphatic heterocycles. The SMILES string of the molecule is Nc1c(C(=O)NCc2cccnc2)cnn1-c1ccccc1. The van der Waals surface area contributed by atoms with Crippen LogP contribution in [0.4, 0.5) is 5.82 Å². The number of amides is 1. The van der Waals surface area contributed by atoms with Crippen LogP contribution in [0.5, 0.6) is 0 Å². The Hall–Kier alpha value is -3.15. The number of nitrogens with one attached hydrogen (secondary N) is 1. The van der Waals surface area contributed by atoms with E-state index in [0.29, 0.717) is 17.9 Å². The van der Waals surface area contributed by atoms with Gasteiger partial charge in [-0.05, 0) is 23.8 Å². The number of anilines is 1. The first-order valence-corrected chi connectivity index (χ1v) is 6.82. The number of benzene rings is 1. The van der Waals surface area contributed by atoms with Crippen LogP contribution in [0.3, 0.4) is 0 Å². The Labute approximate surface area is 127 Å². The largest absolute Gasteiger partial charge is 0.383 e. The summed E-state index contributed by atoms with van der Waals surface area (Å²) in [5.74, 6) is 0.0541. The molecule has 0 atom stereocenters. The lowest BCUT2D eigenvalue weighted by atomic mass is 10.2. The Kier molecular flexibility index (Phi) is 3.82. The highest BCUT2D eigenvalue weighted by Gasteiger charge is 2.15. The zero-order valence-corrected chi connectivity index (χ0v) is 11.8. The van der Waals surface area contributed by atoms with E-state index in [2.05, 4.69) is 15.4 Å². The van der Waals surface area contributed by atoms with Crippen LogP contribution in [0.1, 0.15) is 15.9 Å². The summed E-state index contributed by atoms with van der Waals surface area (Å²) in [5, 5.41) is 6.99. The fourth-order valence-corrected chi connectivity index (χ4v) is 2.09. The quantitative estimate of drug-likeness (QED) is 0.767. The van der Waals surface area contributed by atoms with E-state index in [1.54, 1.807) is 17.1 Å². The van der Waals surface area contributed by atoms with Crippen molar-refractivity contribution in [3.8, 4) is 5.69 Å². The second-order valence-electron chi connectivity index (χ2n) is 4.73. The summed E-state index contributed by atoms with van der Waals surface area (Å²) in [4.78, 5) is 16.2. The molecule has 3 aromatic rings. The molecule has 0 aliphatic carbocycles. The molecule has 1 amide bonds. The minimum absolute atomic E-state index is 0.261. The highest BCUT2D eigenvalue weighted by atomic mass is 16.1. The number of carbonyl (C=O) groups excluding carboxylic acids is 1. The maximum absolute atomic E-state index is 12.2. The van der Waals surface area contributed by atoms with Gasteiger partial charge >= 0.3 is 0 Å². The number of pyridine rings is 1. The number of nitrogens with zero attached hydrogens (tertiary/aromatic N) is 3. The number of rotatable bonds is 4. The number of nitrogens with two attached hydrogens (primary N) is 1. The number of carbonyl (C=O) groups is 1. The molecule has 1 aromatic carbocycles. The zero-order valence-electron chi connectivity index (χ0n) is 11.8. The number of nitrogen functional groups attached to an aromatic ring is 1. The molecule has 22 heavy (non-hydrogen) atoms. The van der Waals surface area contributed by atoms with E-state index in [9.17, 15) is 4.79 Å². The van der Waals surface area contributed by atoms with Crippen molar-refractivity contribution < 1.29 is 4.79 Å². The van der Waals surface area contributed by atoms with Crippen molar-refractivity contribution in [3.63, 3.8) is 0 Å². The Morgan fingerprint density at radius 3 is 2.68 bits per heavy atom. The second kappa shape index (κ2) is 6.09. The maximum Gasteiger partial charge on any atom is 0.256 e. The van der Waals surface area contributed by atoms with Gasteiger partial charge in [0.05, 0.1) is 11.9 Å². The molecule has 0 fully saturated rings. The van der Waals surface area contributed by atoms with E-state index in [1.807, 2.05) is 42.5 Å². The van der Waals surface area contributed by atoms with Gasteiger partial charge in [0.15, 0.2) is 0 Å². The van der Waals surface area contributed by atoms with E-state index in [0.717, 1.165) is 11.3 Å². The summed E-state index contributed by atoms with van der Waals surface area (Å²) in [5.41, 5.74) is 8.12. The first-order chi connectivity index (χ1) is 10.8. The maximum atomic E-state index is 12.2. The van der Waals surface area contributed by atoms with Gasteiger partial charge in [0.25, 0.3) is 5.91 Å². The molecule has 110 valence electrons. The van der Waals surface area contributed by atoms with Crippen molar-refractivity contribution in [2.75, 3.05) is 5.73 Å². The predicted octanol–water partition coefficient (Wildman–Crippen LogP) is 1.78. The monoisotopic (exact) mass is 293 g/mol. The van der Waals surface area contributed by atoms with E-state index < -0.39 is 0 Å². The van der Waals surface area contributed by atoms with Gasteiger partial charge in [0.2, 0.25) is 0 Å². The summed E-state index contributed by atoms with van der Waals surface area (Å²) in [6, 6.07) is 13.1. The van der Waals surface area contributed by atoms with Crippen LogP contribution in [0.25, 0.3) is 5.69 Å². The smallest absolute Gasteiger partial charge is 0.256 e. The summed E-state index contributed by atoms with van der Waals surface area (Å²) >= 11 is 0. The molecule has 0 bridgehead atoms. The van der Waals surface area contributed by atoms with Crippen LogP contribution in [-0.4, -0.2) is 20.7 Å². The van der Waals surface area contributed by atoms with Gasteiger partial charge in [-0.2, -0.15) is 5.10 Å². The van der Waals surface area contributed by atoms with Gasteiger partial charge in [0.1, 0.15) is 11.4 Å². The fraction of sp³-hybridized carbons (Fsp3) is 0.0625. The molecule has 0 spiro atoms. The molecular formula is C16H15N5O. The standard InChI is InChI=1S/C16H15N5O/c17-15-14(11-20-21(15)13-6-2-1-3-7-13)16(22)19-10-12-5-4-8-18-9-12/h1-9,11H,10,17H2,(H,19,22). The van der Waals surface area contributed by atoms with Crippen molar-refractivity contribution in [3.05, 3.63) is 72.2 Å². The summed E-state index contributed by atoms with van der Waals surface area (Å²) in [7, 11) is 0. The lowest BCUT2D eigenvalue weighted by Crippen LogP contribution is -2.23. The van der Waals surface area contributed by atoms with Crippen molar-refractivity contribution in [2.24, 2.45) is 0 Å². The van der Waals surface area contributed by atoms with Crippen LogP contribution in [0.2, 0.25) is 0 Å². The molecule has 6 nitrogen and oxygen atoms in total. The third-order valence-corrected chi connectivity index (χ3v) is 3.23.